The molecule has 7 nitrogen and oxygen atoms in total. The molecule has 0 bridgehead atoms. The molecule has 138 valence electrons. The number of urea groups is 1. The second kappa shape index (κ2) is 9.88. The number of amides is 3. The molecule has 25 heavy (non-hydrogen) atoms. The Morgan fingerprint density at radius 2 is 2.08 bits per heavy atom. The van der Waals surface area contributed by atoms with Crippen LogP contribution in [0.25, 0.3) is 0 Å². The zero-order chi connectivity index (χ0) is 18.1. The van der Waals surface area contributed by atoms with Crippen molar-refractivity contribution in [2.75, 3.05) is 31.6 Å². The van der Waals surface area contributed by atoms with Gasteiger partial charge in [0.15, 0.2) is 0 Å². The maximum atomic E-state index is 11.9. The van der Waals surface area contributed by atoms with Gasteiger partial charge >= 0.3 is 6.03 Å². The van der Waals surface area contributed by atoms with Crippen LogP contribution in [0.3, 0.4) is 0 Å². The normalized spacial score (nSPS) is 16.5. The van der Waals surface area contributed by atoms with Crippen LogP contribution in [0.4, 0.5) is 10.5 Å². The molecular formula is C18H27N3O4. The average molecular weight is 349 g/mol. The molecule has 1 atom stereocenters. The van der Waals surface area contributed by atoms with E-state index in [1.807, 2.05) is 26.0 Å². The Kier molecular flexibility index (Phi) is 7.53. The van der Waals surface area contributed by atoms with Gasteiger partial charge in [-0.25, -0.2) is 4.79 Å². The van der Waals surface area contributed by atoms with Crippen molar-refractivity contribution in [3.8, 4) is 5.75 Å². The molecule has 0 saturated carbocycles. The Morgan fingerprint density at radius 3 is 2.80 bits per heavy atom. The minimum atomic E-state index is -0.324. The fourth-order valence-electron chi connectivity index (χ4n) is 2.37. The van der Waals surface area contributed by atoms with Gasteiger partial charge in [-0.2, -0.15) is 0 Å². The largest absolute Gasteiger partial charge is 0.491 e. The summed E-state index contributed by atoms with van der Waals surface area (Å²) in [6.45, 7) is 5.72. The molecule has 0 radical (unpaired) electrons. The molecule has 1 saturated heterocycles. The SMILES string of the molecule is CC(C)C(=O)NCCNC(=O)Nc1cccc(OCC2CCCO2)c1. The van der Waals surface area contributed by atoms with Crippen molar-refractivity contribution in [1.82, 2.24) is 10.6 Å². The number of hydrogen-bond acceptors (Lipinski definition) is 4. The van der Waals surface area contributed by atoms with Crippen molar-refractivity contribution < 1.29 is 19.1 Å². The van der Waals surface area contributed by atoms with E-state index in [2.05, 4.69) is 16.0 Å². The fourth-order valence-corrected chi connectivity index (χ4v) is 2.37. The van der Waals surface area contributed by atoms with E-state index in [0.29, 0.717) is 31.1 Å². The van der Waals surface area contributed by atoms with Crippen LogP contribution in [-0.4, -0.2) is 44.3 Å². The maximum Gasteiger partial charge on any atom is 0.319 e. The first kappa shape index (κ1) is 19.1. The van der Waals surface area contributed by atoms with E-state index in [9.17, 15) is 9.59 Å². The molecule has 1 unspecified atom stereocenters. The standard InChI is InChI=1S/C18H27N3O4/c1-13(2)17(22)19-8-9-20-18(23)21-14-5-3-6-15(11-14)25-12-16-7-4-10-24-16/h3,5-6,11,13,16H,4,7-10,12H2,1-2H3,(H,19,22)(H2,20,21,23). The van der Waals surface area contributed by atoms with E-state index in [1.165, 1.54) is 0 Å². The third-order valence-electron chi connectivity index (χ3n) is 3.79. The summed E-state index contributed by atoms with van der Waals surface area (Å²) in [6.07, 6.45) is 2.25. The number of nitrogens with one attached hydrogen (secondary N) is 3. The van der Waals surface area contributed by atoms with Gasteiger partial charge in [-0.05, 0) is 25.0 Å². The van der Waals surface area contributed by atoms with Crippen molar-refractivity contribution in [3.05, 3.63) is 24.3 Å². The molecule has 0 aromatic heterocycles. The lowest BCUT2D eigenvalue weighted by molar-refractivity contribution is -0.123. The minimum absolute atomic E-state index is 0.0294. The maximum absolute atomic E-state index is 11.9. The molecule has 7 heteroatoms. The summed E-state index contributed by atoms with van der Waals surface area (Å²) in [5, 5.41) is 8.18. The van der Waals surface area contributed by atoms with Crippen molar-refractivity contribution in [1.29, 1.82) is 0 Å². The van der Waals surface area contributed by atoms with Crippen LogP contribution >= 0.6 is 0 Å². The molecule has 0 aliphatic carbocycles. The second-order valence-electron chi connectivity index (χ2n) is 6.30. The molecule has 1 aromatic carbocycles. The summed E-state index contributed by atoms with van der Waals surface area (Å²) in [4.78, 5) is 23.3. The lowest BCUT2D eigenvalue weighted by atomic mass is 10.2. The quantitative estimate of drug-likeness (QED) is 0.627. The predicted octanol–water partition coefficient (Wildman–Crippen LogP) is 2.14. The summed E-state index contributed by atoms with van der Waals surface area (Å²) < 4.78 is 11.2. The molecule has 3 N–H and O–H groups in total. The molecule has 2 rings (SSSR count). The van der Waals surface area contributed by atoms with E-state index in [-0.39, 0.29) is 24.0 Å². The highest BCUT2D eigenvalue weighted by Crippen LogP contribution is 2.19. The van der Waals surface area contributed by atoms with E-state index in [1.54, 1.807) is 12.1 Å². The van der Waals surface area contributed by atoms with E-state index in [0.717, 1.165) is 19.4 Å². The Hall–Kier alpha value is -2.28. The number of carbonyl (C=O) groups is 2. The summed E-state index contributed by atoms with van der Waals surface area (Å²) in [7, 11) is 0. The fraction of sp³-hybridized carbons (Fsp3) is 0.556. The molecule has 0 spiro atoms. The predicted molar refractivity (Wildman–Crippen MR) is 95.8 cm³/mol. The Morgan fingerprint density at radius 1 is 1.28 bits per heavy atom. The number of benzene rings is 1. The number of ether oxygens (including phenoxy) is 2. The number of anilines is 1. The highest BCUT2D eigenvalue weighted by molar-refractivity contribution is 5.89. The van der Waals surface area contributed by atoms with Crippen molar-refractivity contribution in [2.45, 2.75) is 32.8 Å². The van der Waals surface area contributed by atoms with Crippen LogP contribution in [-0.2, 0) is 9.53 Å². The molecular weight excluding hydrogens is 322 g/mol. The summed E-state index contributed by atoms with van der Waals surface area (Å²) in [5.41, 5.74) is 0.647. The third kappa shape index (κ3) is 7.01. The van der Waals surface area contributed by atoms with Crippen LogP contribution in [0.15, 0.2) is 24.3 Å². The monoisotopic (exact) mass is 349 g/mol. The lowest BCUT2D eigenvalue weighted by Crippen LogP contribution is -2.38. The van der Waals surface area contributed by atoms with Gasteiger partial charge in [0.1, 0.15) is 12.4 Å². The van der Waals surface area contributed by atoms with Crippen molar-refractivity contribution in [2.24, 2.45) is 5.92 Å². The number of carbonyl (C=O) groups excluding carboxylic acids is 2. The van der Waals surface area contributed by atoms with Gasteiger partial charge in [-0.15, -0.1) is 0 Å². The Balaban J connectivity index is 1.69. The highest BCUT2D eigenvalue weighted by atomic mass is 16.5. The summed E-state index contributed by atoms with van der Waals surface area (Å²) in [5.74, 6) is 0.599. The van der Waals surface area contributed by atoms with Gasteiger partial charge < -0.3 is 25.4 Å². The van der Waals surface area contributed by atoms with Gasteiger partial charge in [0, 0.05) is 37.4 Å². The van der Waals surface area contributed by atoms with Gasteiger partial charge in [0.25, 0.3) is 0 Å². The highest BCUT2D eigenvalue weighted by Gasteiger charge is 2.16. The summed E-state index contributed by atoms with van der Waals surface area (Å²) >= 11 is 0. The average Bonchev–Trinajstić information content (AvgIpc) is 3.10. The first-order chi connectivity index (χ1) is 12.0. The van der Waals surface area contributed by atoms with Crippen LogP contribution in [0.2, 0.25) is 0 Å². The first-order valence-electron chi connectivity index (χ1n) is 8.71. The zero-order valence-corrected chi connectivity index (χ0v) is 14.8. The van der Waals surface area contributed by atoms with Gasteiger partial charge in [-0.1, -0.05) is 19.9 Å². The Labute approximate surface area is 148 Å². The van der Waals surface area contributed by atoms with Crippen LogP contribution in [0, 0.1) is 5.92 Å². The van der Waals surface area contributed by atoms with E-state index < -0.39 is 0 Å². The van der Waals surface area contributed by atoms with Crippen molar-refractivity contribution in [3.63, 3.8) is 0 Å². The van der Waals surface area contributed by atoms with Gasteiger partial charge in [0.05, 0.1) is 6.10 Å². The lowest BCUT2D eigenvalue weighted by Gasteiger charge is -2.13. The minimum Gasteiger partial charge on any atom is -0.491 e. The first-order valence-corrected chi connectivity index (χ1v) is 8.71. The van der Waals surface area contributed by atoms with E-state index >= 15 is 0 Å². The Bertz CT molecular complexity index is 571. The molecule has 3 amide bonds. The second-order valence-corrected chi connectivity index (χ2v) is 6.30. The molecule has 1 aliphatic rings. The van der Waals surface area contributed by atoms with Gasteiger partial charge in [0.2, 0.25) is 5.91 Å². The van der Waals surface area contributed by atoms with Gasteiger partial charge in [-0.3, -0.25) is 4.79 Å². The molecule has 1 fully saturated rings. The van der Waals surface area contributed by atoms with Crippen LogP contribution in [0.1, 0.15) is 26.7 Å². The van der Waals surface area contributed by atoms with Crippen LogP contribution in [0.5, 0.6) is 5.75 Å². The molecule has 1 heterocycles. The summed E-state index contributed by atoms with van der Waals surface area (Å²) in [6, 6.07) is 6.91. The number of hydrogen-bond donors (Lipinski definition) is 3. The van der Waals surface area contributed by atoms with Crippen molar-refractivity contribution >= 4 is 17.6 Å². The van der Waals surface area contributed by atoms with Crippen LogP contribution < -0.4 is 20.7 Å². The third-order valence-corrected chi connectivity index (χ3v) is 3.79. The molecule has 1 aromatic rings. The topological polar surface area (TPSA) is 88.7 Å². The molecule has 1 aliphatic heterocycles. The smallest absolute Gasteiger partial charge is 0.319 e. The van der Waals surface area contributed by atoms with E-state index in [4.69, 9.17) is 9.47 Å². The zero-order valence-electron chi connectivity index (χ0n) is 14.8. The number of rotatable bonds is 8.